The van der Waals surface area contributed by atoms with Crippen LogP contribution < -0.4 is 4.90 Å². The zero-order valence-corrected chi connectivity index (χ0v) is 18.7. The van der Waals surface area contributed by atoms with E-state index in [1.165, 1.54) is 0 Å². The molecule has 30 heavy (non-hydrogen) atoms. The van der Waals surface area contributed by atoms with Crippen LogP contribution in [0.15, 0.2) is 30.6 Å². The number of H-pyrrole nitrogens is 1. The molecule has 0 aliphatic carbocycles. The summed E-state index contributed by atoms with van der Waals surface area (Å²) in [5.41, 5.74) is 2.45. The Morgan fingerprint density at radius 2 is 2.10 bits per heavy atom. The van der Waals surface area contributed by atoms with Crippen molar-refractivity contribution >= 4 is 48.2 Å². The Morgan fingerprint density at radius 3 is 2.83 bits per heavy atom. The fourth-order valence-corrected chi connectivity index (χ4v) is 3.87. The van der Waals surface area contributed by atoms with Crippen LogP contribution >= 0.6 is 31.5 Å². The molecular weight excluding hydrogens is 448 g/mol. The summed E-state index contributed by atoms with van der Waals surface area (Å²) in [6.07, 6.45) is 4.33. The van der Waals surface area contributed by atoms with Crippen molar-refractivity contribution in [3.8, 4) is 17.2 Å². The van der Waals surface area contributed by atoms with Crippen LogP contribution in [0.1, 0.15) is 12.8 Å². The molecule has 1 N–H and O–H groups in total. The van der Waals surface area contributed by atoms with Crippen LogP contribution in [0, 0.1) is 11.3 Å². The number of benzene rings is 1. The van der Waals surface area contributed by atoms with Crippen molar-refractivity contribution in [2.24, 2.45) is 0 Å². The summed E-state index contributed by atoms with van der Waals surface area (Å²) in [4.78, 5) is 6.65. The molecule has 0 saturated carbocycles. The summed E-state index contributed by atoms with van der Waals surface area (Å²) in [7, 11) is -0.675. The van der Waals surface area contributed by atoms with E-state index >= 15 is 0 Å². The van der Waals surface area contributed by atoms with Crippen molar-refractivity contribution in [2.45, 2.75) is 12.8 Å². The van der Waals surface area contributed by atoms with E-state index in [-0.39, 0.29) is 19.6 Å². The van der Waals surface area contributed by atoms with Crippen molar-refractivity contribution in [1.82, 2.24) is 15.2 Å². The highest BCUT2D eigenvalue weighted by atomic mass is 35.5. The van der Waals surface area contributed by atoms with Crippen LogP contribution in [0.3, 0.4) is 0 Å². The molecule has 0 aliphatic heterocycles. The quantitative estimate of drug-likeness (QED) is 0.326. The SMILES string of the molecule is CN(CCCO[PH](=O)OCCC#N)c1cc(-c2cn[nH]c2)c2ccc(Cl)c(Cl)c2n1. The predicted octanol–water partition coefficient (Wildman–Crippen LogP) is 5.09. The molecule has 3 rings (SSSR count). The highest BCUT2D eigenvalue weighted by Gasteiger charge is 2.15. The highest BCUT2D eigenvalue weighted by molar-refractivity contribution is 7.33. The molecule has 0 saturated heterocycles. The Bertz CT molecular complexity index is 1070. The summed E-state index contributed by atoms with van der Waals surface area (Å²) in [6.45, 7) is 0.980. The van der Waals surface area contributed by atoms with Gasteiger partial charge < -0.3 is 13.9 Å². The molecule has 0 bridgehead atoms. The van der Waals surface area contributed by atoms with Gasteiger partial charge in [-0.15, -0.1) is 0 Å². The minimum absolute atomic E-state index is 0.106. The third-order valence-electron chi connectivity index (χ3n) is 4.35. The number of anilines is 1. The van der Waals surface area contributed by atoms with Gasteiger partial charge in [-0.1, -0.05) is 29.3 Å². The maximum atomic E-state index is 11.6. The van der Waals surface area contributed by atoms with E-state index in [0.29, 0.717) is 34.3 Å². The van der Waals surface area contributed by atoms with E-state index < -0.39 is 8.25 Å². The fourth-order valence-electron chi connectivity index (χ4n) is 2.85. The smallest absolute Gasteiger partial charge is 0.319 e. The Morgan fingerprint density at radius 1 is 1.30 bits per heavy atom. The van der Waals surface area contributed by atoms with Crippen LogP contribution in [0.4, 0.5) is 5.82 Å². The normalized spacial score (nSPS) is 12.1. The number of aromatic nitrogens is 3. The van der Waals surface area contributed by atoms with E-state index in [9.17, 15) is 4.57 Å². The molecule has 158 valence electrons. The van der Waals surface area contributed by atoms with E-state index in [4.69, 9.17) is 42.5 Å². The average molecular weight is 468 g/mol. The van der Waals surface area contributed by atoms with Gasteiger partial charge in [0.05, 0.1) is 47.5 Å². The van der Waals surface area contributed by atoms with Crippen LogP contribution in [-0.4, -0.2) is 42.0 Å². The zero-order valence-electron chi connectivity index (χ0n) is 16.2. The summed E-state index contributed by atoms with van der Waals surface area (Å²) in [6, 6.07) is 7.52. The van der Waals surface area contributed by atoms with Crippen LogP contribution in [-0.2, 0) is 13.6 Å². The van der Waals surface area contributed by atoms with Crippen LogP contribution in [0.2, 0.25) is 10.0 Å². The summed E-state index contributed by atoms with van der Waals surface area (Å²) >= 11 is 12.6. The first-order valence-electron chi connectivity index (χ1n) is 9.16. The molecule has 2 aromatic heterocycles. The van der Waals surface area contributed by atoms with Crippen molar-refractivity contribution < 1.29 is 13.6 Å². The lowest BCUT2D eigenvalue weighted by Gasteiger charge is -2.20. The van der Waals surface area contributed by atoms with Gasteiger partial charge in [0.1, 0.15) is 5.82 Å². The molecule has 2 heterocycles. The molecular formula is C19H20Cl2N5O3P. The molecule has 1 unspecified atom stereocenters. The summed E-state index contributed by atoms with van der Waals surface area (Å²) in [5.74, 6) is 0.709. The number of halogens is 2. The van der Waals surface area contributed by atoms with Crippen LogP contribution in [0.5, 0.6) is 0 Å². The van der Waals surface area contributed by atoms with Crippen molar-refractivity contribution in [1.29, 1.82) is 5.26 Å². The number of nitrogens with zero attached hydrogens (tertiary/aromatic N) is 4. The number of hydrogen-bond donors (Lipinski definition) is 1. The van der Waals surface area contributed by atoms with E-state index in [1.54, 1.807) is 18.5 Å². The van der Waals surface area contributed by atoms with Gasteiger partial charge in [0.2, 0.25) is 0 Å². The Kier molecular flexibility index (Phi) is 8.08. The monoisotopic (exact) mass is 467 g/mol. The van der Waals surface area contributed by atoms with Crippen molar-refractivity contribution in [2.75, 3.05) is 31.7 Å². The number of nitrogens with one attached hydrogen (secondary N) is 1. The molecule has 0 aliphatic rings. The number of nitriles is 1. The predicted molar refractivity (Wildman–Crippen MR) is 118 cm³/mol. The Hall–Kier alpha value is -2.14. The first-order valence-corrected chi connectivity index (χ1v) is 11.1. The fraction of sp³-hybridized carbons (Fsp3) is 0.316. The van der Waals surface area contributed by atoms with Gasteiger partial charge in [-0.3, -0.25) is 9.66 Å². The number of pyridine rings is 1. The first-order chi connectivity index (χ1) is 14.5. The van der Waals surface area contributed by atoms with Gasteiger partial charge in [-0.2, -0.15) is 10.4 Å². The summed E-state index contributed by atoms with van der Waals surface area (Å²) < 4.78 is 21.7. The third-order valence-corrected chi connectivity index (χ3v) is 6.02. The second-order valence-electron chi connectivity index (χ2n) is 6.40. The third kappa shape index (κ3) is 5.51. The van der Waals surface area contributed by atoms with Gasteiger partial charge in [-0.25, -0.2) is 4.98 Å². The van der Waals surface area contributed by atoms with Gasteiger partial charge in [-0.05, 0) is 24.1 Å². The lowest BCUT2D eigenvalue weighted by molar-refractivity contribution is 0.228. The van der Waals surface area contributed by atoms with Crippen molar-refractivity contribution in [3.63, 3.8) is 0 Å². The van der Waals surface area contributed by atoms with Crippen LogP contribution in [0.25, 0.3) is 22.0 Å². The second kappa shape index (κ2) is 10.8. The Balaban J connectivity index is 1.73. The first kappa shape index (κ1) is 22.5. The summed E-state index contributed by atoms with van der Waals surface area (Å²) in [5, 5.41) is 17.0. The minimum atomic E-state index is -2.58. The molecule has 1 aromatic carbocycles. The topological polar surface area (TPSA) is 104 Å². The van der Waals surface area contributed by atoms with E-state index in [0.717, 1.165) is 16.5 Å². The molecule has 8 nitrogen and oxygen atoms in total. The van der Waals surface area contributed by atoms with E-state index in [1.807, 2.05) is 30.1 Å². The maximum Gasteiger partial charge on any atom is 0.319 e. The molecule has 1 atom stereocenters. The van der Waals surface area contributed by atoms with Gasteiger partial charge in [0.25, 0.3) is 0 Å². The largest absolute Gasteiger partial charge is 0.360 e. The van der Waals surface area contributed by atoms with Gasteiger partial charge in [0.15, 0.2) is 0 Å². The molecule has 0 spiro atoms. The van der Waals surface area contributed by atoms with E-state index in [2.05, 4.69) is 10.2 Å². The minimum Gasteiger partial charge on any atom is -0.360 e. The standard InChI is InChI=1S/C19H20Cl2N5O3P/c1-26(7-3-9-29-30(27)28-8-2-6-22)17-10-15(13-11-23-24-12-13)14-4-5-16(20)18(21)19(14)25-17/h4-5,10-12,30H,2-3,7-9H2,1H3,(H,23,24). The highest BCUT2D eigenvalue weighted by Crippen LogP contribution is 2.37. The van der Waals surface area contributed by atoms with Crippen molar-refractivity contribution in [3.05, 3.63) is 40.6 Å². The molecule has 0 radical (unpaired) electrons. The maximum absolute atomic E-state index is 11.6. The molecule has 11 heteroatoms. The average Bonchev–Trinajstić information content (AvgIpc) is 3.28. The van der Waals surface area contributed by atoms with Gasteiger partial charge in [0, 0.05) is 30.7 Å². The molecule has 3 aromatic rings. The second-order valence-corrected chi connectivity index (χ2v) is 8.27. The number of aromatic amines is 1. The zero-order chi connectivity index (χ0) is 21.5. The number of fused-ring (bicyclic) bond motifs is 1. The number of hydrogen-bond acceptors (Lipinski definition) is 7. The lowest BCUT2D eigenvalue weighted by atomic mass is 10.0. The molecule has 0 amide bonds. The number of rotatable bonds is 10. The Labute approximate surface area is 184 Å². The van der Waals surface area contributed by atoms with Gasteiger partial charge >= 0.3 is 8.25 Å². The lowest BCUT2D eigenvalue weighted by Crippen LogP contribution is -2.20. The molecule has 0 fully saturated rings.